The molecule has 0 bridgehead atoms. The van der Waals surface area contributed by atoms with Crippen LogP contribution in [0.25, 0.3) is 11.3 Å². The van der Waals surface area contributed by atoms with E-state index in [1.807, 2.05) is 11.0 Å². The molecule has 0 unspecified atom stereocenters. The number of benzene rings is 1. The van der Waals surface area contributed by atoms with Gasteiger partial charge >= 0.3 is 0 Å². The summed E-state index contributed by atoms with van der Waals surface area (Å²) >= 11 is 0. The Morgan fingerprint density at radius 2 is 2.26 bits per heavy atom. The molecule has 0 atom stereocenters. The van der Waals surface area contributed by atoms with Crippen LogP contribution in [0, 0.1) is 6.92 Å². The van der Waals surface area contributed by atoms with Crippen molar-refractivity contribution in [1.29, 1.82) is 0 Å². The number of hydrogen-bond acceptors (Lipinski definition) is 2. The predicted octanol–water partition coefficient (Wildman–Crippen LogP) is 2.29. The van der Waals surface area contributed by atoms with Crippen molar-refractivity contribution in [2.45, 2.75) is 26.8 Å². The van der Waals surface area contributed by atoms with Crippen LogP contribution in [0.3, 0.4) is 0 Å². The highest BCUT2D eigenvalue weighted by molar-refractivity contribution is 5.74. The van der Waals surface area contributed by atoms with Gasteiger partial charge in [-0.25, -0.2) is 0 Å². The van der Waals surface area contributed by atoms with Crippen LogP contribution in [0.2, 0.25) is 0 Å². The first kappa shape index (κ1) is 12.0. The molecule has 0 saturated heterocycles. The number of rotatable bonds is 1. The molecule has 0 radical (unpaired) electrons. The first-order chi connectivity index (χ1) is 9.15. The molecule has 3 rings (SSSR count). The lowest BCUT2D eigenvalue weighted by atomic mass is 10.00. The van der Waals surface area contributed by atoms with E-state index in [-0.39, 0.29) is 5.91 Å². The molecule has 1 aromatic carbocycles. The number of carbonyl (C=O) groups excluding carboxylic acids is 1. The van der Waals surface area contributed by atoms with Crippen molar-refractivity contribution >= 4 is 5.91 Å². The minimum atomic E-state index is 0.127. The molecule has 0 saturated carbocycles. The van der Waals surface area contributed by atoms with Crippen molar-refractivity contribution in [3.05, 3.63) is 41.1 Å². The van der Waals surface area contributed by atoms with E-state index in [2.05, 4.69) is 35.3 Å². The fraction of sp³-hybridized carbons (Fsp3) is 0.333. The summed E-state index contributed by atoms with van der Waals surface area (Å²) in [5.41, 5.74) is 5.63. The molecule has 0 aliphatic carbocycles. The van der Waals surface area contributed by atoms with Crippen molar-refractivity contribution in [1.82, 2.24) is 15.1 Å². The van der Waals surface area contributed by atoms with Crippen LogP contribution >= 0.6 is 0 Å². The van der Waals surface area contributed by atoms with Crippen LogP contribution in [0.15, 0.2) is 24.3 Å². The number of aryl methyl sites for hydroxylation is 1. The molecule has 1 amide bonds. The average molecular weight is 255 g/mol. The highest BCUT2D eigenvalue weighted by atomic mass is 16.2. The number of hydrogen-bond donors (Lipinski definition) is 1. The topological polar surface area (TPSA) is 49.0 Å². The SMILES string of the molecule is CC(=O)N1CCc2[nH]nc(-c3cccc(C)c3)c2C1. The first-order valence-corrected chi connectivity index (χ1v) is 6.54. The maximum atomic E-state index is 11.5. The molecule has 1 aliphatic heterocycles. The largest absolute Gasteiger partial charge is 0.338 e. The fourth-order valence-corrected chi connectivity index (χ4v) is 2.59. The van der Waals surface area contributed by atoms with E-state index < -0.39 is 0 Å². The lowest BCUT2D eigenvalue weighted by Crippen LogP contribution is -2.34. The summed E-state index contributed by atoms with van der Waals surface area (Å²) in [4.78, 5) is 13.4. The molecular weight excluding hydrogens is 238 g/mol. The number of nitrogens with one attached hydrogen (secondary N) is 1. The van der Waals surface area contributed by atoms with Crippen molar-refractivity contribution < 1.29 is 4.79 Å². The molecule has 0 spiro atoms. The number of H-pyrrole nitrogens is 1. The molecule has 98 valence electrons. The third-order valence-corrected chi connectivity index (χ3v) is 3.67. The van der Waals surface area contributed by atoms with E-state index in [9.17, 15) is 4.79 Å². The zero-order valence-corrected chi connectivity index (χ0v) is 11.2. The zero-order valence-electron chi connectivity index (χ0n) is 11.2. The van der Waals surface area contributed by atoms with Crippen LogP contribution in [0.5, 0.6) is 0 Å². The van der Waals surface area contributed by atoms with Gasteiger partial charge in [-0.1, -0.05) is 23.8 Å². The first-order valence-electron chi connectivity index (χ1n) is 6.54. The van der Waals surface area contributed by atoms with Gasteiger partial charge in [-0.2, -0.15) is 5.10 Å². The predicted molar refractivity (Wildman–Crippen MR) is 73.6 cm³/mol. The zero-order chi connectivity index (χ0) is 13.4. The second-order valence-electron chi connectivity index (χ2n) is 5.09. The van der Waals surface area contributed by atoms with Crippen LogP contribution in [0.4, 0.5) is 0 Å². The number of aromatic amines is 1. The van der Waals surface area contributed by atoms with Gasteiger partial charge in [0.2, 0.25) is 5.91 Å². The summed E-state index contributed by atoms with van der Waals surface area (Å²) < 4.78 is 0. The Morgan fingerprint density at radius 3 is 3.00 bits per heavy atom. The maximum Gasteiger partial charge on any atom is 0.219 e. The summed E-state index contributed by atoms with van der Waals surface area (Å²) in [5.74, 6) is 0.127. The third kappa shape index (κ3) is 2.14. The molecule has 2 heterocycles. The Kier molecular flexibility index (Phi) is 2.85. The summed E-state index contributed by atoms with van der Waals surface area (Å²) in [7, 11) is 0. The number of aromatic nitrogens is 2. The van der Waals surface area contributed by atoms with Crippen molar-refractivity contribution in [2.75, 3.05) is 6.54 Å². The number of nitrogens with zero attached hydrogens (tertiary/aromatic N) is 2. The molecule has 4 nitrogen and oxygen atoms in total. The minimum absolute atomic E-state index is 0.127. The minimum Gasteiger partial charge on any atom is -0.338 e. The van der Waals surface area contributed by atoms with Crippen LogP contribution in [-0.4, -0.2) is 27.5 Å². The second kappa shape index (κ2) is 4.53. The van der Waals surface area contributed by atoms with Gasteiger partial charge in [0.15, 0.2) is 0 Å². The van der Waals surface area contributed by atoms with Gasteiger partial charge in [0.1, 0.15) is 0 Å². The maximum absolute atomic E-state index is 11.5. The van der Waals surface area contributed by atoms with E-state index >= 15 is 0 Å². The third-order valence-electron chi connectivity index (χ3n) is 3.67. The van der Waals surface area contributed by atoms with Gasteiger partial charge in [0.05, 0.1) is 5.69 Å². The van der Waals surface area contributed by atoms with E-state index in [4.69, 9.17) is 0 Å². The Bertz CT molecular complexity index is 630. The summed E-state index contributed by atoms with van der Waals surface area (Å²) in [6, 6.07) is 8.31. The number of amides is 1. The monoisotopic (exact) mass is 255 g/mol. The Balaban J connectivity index is 2.01. The second-order valence-corrected chi connectivity index (χ2v) is 5.09. The van der Waals surface area contributed by atoms with Crippen molar-refractivity contribution in [3.8, 4) is 11.3 Å². The van der Waals surface area contributed by atoms with Gasteiger partial charge in [-0.15, -0.1) is 0 Å². The van der Waals surface area contributed by atoms with E-state index in [0.29, 0.717) is 6.54 Å². The highest BCUT2D eigenvalue weighted by Crippen LogP contribution is 2.28. The standard InChI is InChI=1S/C15H17N3O/c1-10-4-3-5-12(8-10)15-13-9-18(11(2)19)7-6-14(13)16-17-15/h3-5,8H,6-7,9H2,1-2H3,(H,16,17). The number of fused-ring (bicyclic) bond motifs is 1. The Morgan fingerprint density at radius 1 is 1.42 bits per heavy atom. The lowest BCUT2D eigenvalue weighted by Gasteiger charge is -2.25. The van der Waals surface area contributed by atoms with Crippen molar-refractivity contribution in [3.63, 3.8) is 0 Å². The molecule has 1 aliphatic rings. The normalized spacial score (nSPS) is 14.3. The van der Waals surface area contributed by atoms with E-state index in [1.165, 1.54) is 5.56 Å². The van der Waals surface area contributed by atoms with Crippen molar-refractivity contribution in [2.24, 2.45) is 0 Å². The molecule has 1 N–H and O–H groups in total. The van der Waals surface area contributed by atoms with E-state index in [0.717, 1.165) is 35.5 Å². The smallest absolute Gasteiger partial charge is 0.219 e. The summed E-state index contributed by atoms with van der Waals surface area (Å²) in [5, 5.41) is 7.56. The summed E-state index contributed by atoms with van der Waals surface area (Å²) in [6.45, 7) is 5.13. The Hall–Kier alpha value is -2.10. The molecule has 1 aromatic heterocycles. The quantitative estimate of drug-likeness (QED) is 0.850. The highest BCUT2D eigenvalue weighted by Gasteiger charge is 2.23. The molecule has 0 fully saturated rings. The lowest BCUT2D eigenvalue weighted by molar-refractivity contribution is -0.129. The molecule has 19 heavy (non-hydrogen) atoms. The van der Waals surface area contributed by atoms with Gasteiger partial charge in [-0.05, 0) is 13.0 Å². The van der Waals surface area contributed by atoms with Gasteiger partial charge < -0.3 is 4.90 Å². The number of carbonyl (C=O) groups is 1. The molecule has 4 heteroatoms. The van der Waals surface area contributed by atoms with Gasteiger partial charge in [-0.3, -0.25) is 9.89 Å². The van der Waals surface area contributed by atoms with E-state index in [1.54, 1.807) is 6.92 Å². The fourth-order valence-electron chi connectivity index (χ4n) is 2.59. The van der Waals surface area contributed by atoms with Gasteiger partial charge in [0, 0.05) is 43.3 Å². The Labute approximate surface area is 112 Å². The molecular formula is C15H17N3O. The van der Waals surface area contributed by atoms with Crippen LogP contribution < -0.4 is 0 Å². The van der Waals surface area contributed by atoms with Crippen LogP contribution in [-0.2, 0) is 17.8 Å². The van der Waals surface area contributed by atoms with Gasteiger partial charge in [0.25, 0.3) is 0 Å². The van der Waals surface area contributed by atoms with Crippen LogP contribution in [0.1, 0.15) is 23.7 Å². The average Bonchev–Trinajstić information content (AvgIpc) is 2.81. The summed E-state index contributed by atoms with van der Waals surface area (Å²) in [6.07, 6.45) is 0.855. The molecule has 2 aromatic rings.